The van der Waals surface area contributed by atoms with Gasteiger partial charge >= 0.3 is 6.09 Å². The largest absolute Gasteiger partial charge is 0.508 e. The van der Waals surface area contributed by atoms with E-state index in [0.717, 1.165) is 62.7 Å². The molecule has 3 heterocycles. The number of aromatic hydroxyl groups is 1. The third-order valence-electron chi connectivity index (χ3n) is 9.36. The molecule has 0 spiro atoms. The minimum atomic E-state index is -0.606. The number of pyridine rings is 1. The van der Waals surface area contributed by atoms with Gasteiger partial charge in [0.2, 0.25) is 0 Å². The van der Waals surface area contributed by atoms with Gasteiger partial charge in [0.25, 0.3) is 0 Å². The minimum Gasteiger partial charge on any atom is -0.508 e. The number of rotatable bonds is 10. The molecule has 2 unspecified atom stereocenters. The molecule has 1 saturated heterocycles. The molecule has 1 fully saturated rings. The number of benzene rings is 4. The first-order valence-electron chi connectivity index (χ1n) is 18.4. The topological polar surface area (TPSA) is 111 Å². The second-order valence-electron chi connectivity index (χ2n) is 14.6. The van der Waals surface area contributed by atoms with Crippen LogP contribution in [0.1, 0.15) is 56.3 Å². The van der Waals surface area contributed by atoms with Gasteiger partial charge in [-0.2, -0.15) is 5.10 Å². The van der Waals surface area contributed by atoms with Crippen molar-refractivity contribution in [2.75, 3.05) is 25.5 Å². The van der Waals surface area contributed by atoms with E-state index < -0.39 is 5.60 Å². The van der Waals surface area contributed by atoms with Crippen LogP contribution in [-0.4, -0.2) is 56.7 Å². The summed E-state index contributed by atoms with van der Waals surface area (Å²) in [5, 5.41) is 21.0. The van der Waals surface area contributed by atoms with Crippen molar-refractivity contribution in [1.29, 1.82) is 0 Å². The Hall–Kier alpha value is -5.86. The number of para-hydroxylation sites is 1. The first kappa shape index (κ1) is 37.5. The lowest BCUT2D eigenvalue weighted by atomic mass is 10.0. The van der Waals surface area contributed by atoms with Crippen LogP contribution in [0.4, 0.5) is 10.6 Å². The molecule has 0 radical (unpaired) electrons. The summed E-state index contributed by atoms with van der Waals surface area (Å²) < 4.78 is 19.6. The fourth-order valence-corrected chi connectivity index (χ4v) is 6.91. The number of carbonyl (C=O) groups is 1. The number of phenols is 1. The number of amides is 1. The molecule has 0 saturated carbocycles. The maximum Gasteiger partial charge on any atom is 0.410 e. The van der Waals surface area contributed by atoms with E-state index in [-0.39, 0.29) is 17.9 Å². The second-order valence-corrected chi connectivity index (χ2v) is 15.3. The first-order chi connectivity index (χ1) is 26.5. The number of piperidine rings is 1. The summed E-state index contributed by atoms with van der Waals surface area (Å²) in [6.45, 7) is 7.10. The molecule has 1 aliphatic heterocycles. The van der Waals surface area contributed by atoms with E-state index in [1.54, 1.807) is 24.1 Å². The molecule has 7 rings (SSSR count). The van der Waals surface area contributed by atoms with E-state index in [0.29, 0.717) is 37.0 Å². The molecule has 55 heavy (non-hydrogen) atoms. The van der Waals surface area contributed by atoms with Gasteiger partial charge in [-0.15, -0.1) is 9.24 Å². The second kappa shape index (κ2) is 16.2. The van der Waals surface area contributed by atoms with Crippen LogP contribution in [0.25, 0.3) is 34.3 Å². The average Bonchev–Trinajstić information content (AvgIpc) is 3.59. The number of fused-ring (bicyclic) bond motifs is 1. The highest BCUT2D eigenvalue weighted by molar-refractivity contribution is 7.27. The summed E-state index contributed by atoms with van der Waals surface area (Å²) in [6, 6.07) is 30.8. The van der Waals surface area contributed by atoms with Gasteiger partial charge in [-0.05, 0) is 93.0 Å². The van der Waals surface area contributed by atoms with Crippen LogP contribution >= 0.6 is 9.24 Å². The van der Waals surface area contributed by atoms with Gasteiger partial charge in [-0.1, -0.05) is 54.6 Å². The molecule has 1 amide bonds. The Kier molecular flexibility index (Phi) is 11.1. The van der Waals surface area contributed by atoms with Crippen molar-refractivity contribution in [2.45, 2.75) is 51.8 Å². The quantitative estimate of drug-likeness (QED) is 0.133. The number of carbonyl (C=O) groups excluding carboxylic acids is 1. The molecule has 2 atom stereocenters. The summed E-state index contributed by atoms with van der Waals surface area (Å²) in [6.07, 6.45) is 7.32. The highest BCUT2D eigenvalue weighted by Crippen LogP contribution is 2.39. The summed E-state index contributed by atoms with van der Waals surface area (Å²) in [5.41, 5.74) is 4.70. The third-order valence-corrected chi connectivity index (χ3v) is 9.75. The Labute approximate surface area is 324 Å². The number of hydrogen-bond acceptors (Lipinski definition) is 8. The Morgan fingerprint density at radius 2 is 1.73 bits per heavy atom. The zero-order chi connectivity index (χ0) is 38.5. The highest BCUT2D eigenvalue weighted by atomic mass is 31.0. The Morgan fingerprint density at radius 3 is 2.45 bits per heavy atom. The molecule has 11 heteroatoms. The molecule has 4 aromatic carbocycles. The Balaban J connectivity index is 1.36. The molecule has 0 aliphatic carbocycles. The average molecular weight is 756 g/mol. The summed E-state index contributed by atoms with van der Waals surface area (Å²) in [5.74, 6) is 2.78. The van der Waals surface area contributed by atoms with E-state index in [4.69, 9.17) is 24.3 Å². The molecule has 1 aliphatic rings. The van der Waals surface area contributed by atoms with Crippen LogP contribution < -0.4 is 20.1 Å². The van der Waals surface area contributed by atoms with Gasteiger partial charge in [0.05, 0.1) is 24.1 Å². The lowest BCUT2D eigenvalue weighted by molar-refractivity contribution is 0.0169. The number of nitrogens with zero attached hydrogens (tertiary/aromatic N) is 4. The predicted molar refractivity (Wildman–Crippen MR) is 222 cm³/mol. The normalized spacial score (nSPS) is 14.6. The van der Waals surface area contributed by atoms with Crippen LogP contribution in [-0.2, 0) is 11.3 Å². The van der Waals surface area contributed by atoms with Crippen molar-refractivity contribution in [3.8, 4) is 34.3 Å². The van der Waals surface area contributed by atoms with Gasteiger partial charge < -0.3 is 29.5 Å². The standard InChI is InChI=1S/C44H46N5O5P/c1-44(2,3)54-43(51)48-24-8-9-33(28-48)49-41-32(15-12-29-13-22-37(55)23-14-29)27-46-42(45-26-31-16-19-34(50)25-38(31)52-4)39(41)40(47-49)30-17-20-36(21-18-30)53-35-10-6-5-7-11-35/h5-7,10-23,25,27,33,50H,8-9,24,26,28,55H2,1-4H3,(H,45,46)/b15-12+. The van der Waals surface area contributed by atoms with Crippen LogP contribution in [0.5, 0.6) is 23.0 Å². The lowest BCUT2D eigenvalue weighted by Crippen LogP contribution is -2.43. The summed E-state index contributed by atoms with van der Waals surface area (Å²) >= 11 is 0. The molecule has 10 nitrogen and oxygen atoms in total. The lowest BCUT2D eigenvalue weighted by Gasteiger charge is -2.34. The number of methoxy groups -OCH3 is 1. The molecule has 0 bridgehead atoms. The van der Waals surface area contributed by atoms with Gasteiger partial charge in [0.15, 0.2) is 0 Å². The monoisotopic (exact) mass is 755 g/mol. The van der Waals surface area contributed by atoms with E-state index >= 15 is 0 Å². The highest BCUT2D eigenvalue weighted by Gasteiger charge is 2.31. The number of anilines is 1. The van der Waals surface area contributed by atoms with Crippen molar-refractivity contribution in [3.63, 3.8) is 0 Å². The SMILES string of the molecule is COc1cc(O)ccc1CNc1ncc(/C=C/c2ccc(P)cc2)c2c1c(-c1ccc(Oc3ccccc3)cc1)nn2C1CCCN(C(=O)OC(C)(C)C)C1. The number of likely N-dealkylation sites (tertiary alicyclic amines) is 1. The van der Waals surface area contributed by atoms with E-state index in [2.05, 4.69) is 55.7 Å². The molecule has 2 aromatic heterocycles. The molecule has 2 N–H and O–H groups in total. The van der Waals surface area contributed by atoms with Crippen molar-refractivity contribution in [2.24, 2.45) is 0 Å². The van der Waals surface area contributed by atoms with Gasteiger partial charge in [-0.3, -0.25) is 4.68 Å². The third kappa shape index (κ3) is 8.93. The Morgan fingerprint density at radius 1 is 0.982 bits per heavy atom. The van der Waals surface area contributed by atoms with Crippen molar-refractivity contribution < 1.29 is 24.1 Å². The van der Waals surface area contributed by atoms with Gasteiger partial charge in [0, 0.05) is 48.6 Å². The van der Waals surface area contributed by atoms with E-state index in [1.807, 2.05) is 87.6 Å². The van der Waals surface area contributed by atoms with Gasteiger partial charge in [-0.25, -0.2) is 9.78 Å². The summed E-state index contributed by atoms with van der Waals surface area (Å²) in [7, 11) is 4.31. The zero-order valence-corrected chi connectivity index (χ0v) is 32.7. The van der Waals surface area contributed by atoms with Crippen LogP contribution in [0.15, 0.2) is 103 Å². The molecule has 6 aromatic rings. The van der Waals surface area contributed by atoms with Crippen LogP contribution in [0.2, 0.25) is 0 Å². The van der Waals surface area contributed by atoms with Crippen molar-refractivity contribution in [3.05, 3.63) is 120 Å². The van der Waals surface area contributed by atoms with Crippen molar-refractivity contribution in [1.82, 2.24) is 19.7 Å². The van der Waals surface area contributed by atoms with E-state index in [9.17, 15) is 9.90 Å². The number of aromatic nitrogens is 3. The van der Waals surface area contributed by atoms with E-state index in [1.165, 1.54) is 0 Å². The molecular formula is C44H46N5O5P. The van der Waals surface area contributed by atoms with Crippen molar-refractivity contribution >= 4 is 49.5 Å². The first-order valence-corrected chi connectivity index (χ1v) is 19.0. The number of hydrogen-bond donors (Lipinski definition) is 2. The minimum absolute atomic E-state index is 0.126. The van der Waals surface area contributed by atoms with Crippen LogP contribution in [0, 0.1) is 0 Å². The maximum atomic E-state index is 13.3. The van der Waals surface area contributed by atoms with Crippen LogP contribution in [0.3, 0.4) is 0 Å². The molecule has 282 valence electrons. The number of ether oxygens (including phenoxy) is 3. The fraction of sp³-hybridized carbons (Fsp3) is 0.250. The predicted octanol–water partition coefficient (Wildman–Crippen LogP) is 9.46. The summed E-state index contributed by atoms with van der Waals surface area (Å²) in [4.78, 5) is 20.1. The smallest absolute Gasteiger partial charge is 0.410 e. The number of nitrogens with one attached hydrogen (secondary N) is 1. The zero-order valence-electron chi connectivity index (χ0n) is 31.5. The fourth-order valence-electron chi connectivity index (χ4n) is 6.72. The number of phenolic OH excluding ortho intramolecular Hbond substituents is 1. The molecular weight excluding hydrogens is 709 g/mol. The maximum absolute atomic E-state index is 13.3. The Bertz CT molecular complexity index is 2300. The van der Waals surface area contributed by atoms with Gasteiger partial charge in [0.1, 0.15) is 40.1 Å².